The Balaban J connectivity index is 1.41. The summed E-state index contributed by atoms with van der Waals surface area (Å²) >= 11 is 6.03. The second-order valence-electron chi connectivity index (χ2n) is 8.36. The van der Waals surface area contributed by atoms with Gasteiger partial charge in [0.2, 0.25) is 5.91 Å². The van der Waals surface area contributed by atoms with Crippen LogP contribution in [0.15, 0.2) is 48.7 Å². The average molecular weight is 443 g/mol. The quantitative estimate of drug-likeness (QED) is 0.744. The van der Waals surface area contributed by atoms with E-state index in [0.29, 0.717) is 25.2 Å². The number of benzene rings is 1. The van der Waals surface area contributed by atoms with E-state index in [4.69, 9.17) is 16.3 Å². The van der Waals surface area contributed by atoms with E-state index in [1.165, 1.54) is 5.56 Å². The Morgan fingerprint density at radius 3 is 2.65 bits per heavy atom. The maximum absolute atomic E-state index is 12.3. The molecule has 1 N–H and O–H groups in total. The van der Waals surface area contributed by atoms with E-state index < -0.39 is 6.10 Å². The lowest BCUT2D eigenvalue weighted by molar-refractivity contribution is -0.144. The molecule has 3 heterocycles. The highest BCUT2D eigenvalue weighted by Gasteiger charge is 2.37. The van der Waals surface area contributed by atoms with Gasteiger partial charge < -0.3 is 15.0 Å². The fourth-order valence-electron chi connectivity index (χ4n) is 4.68. The Kier molecular flexibility index (Phi) is 7.43. The number of halogens is 1. The Morgan fingerprint density at radius 2 is 1.97 bits per heavy atom. The highest BCUT2D eigenvalue weighted by molar-refractivity contribution is 6.30. The summed E-state index contributed by atoms with van der Waals surface area (Å²) in [5, 5.41) is 3.51. The van der Waals surface area contributed by atoms with Gasteiger partial charge in [0.25, 0.3) is 0 Å². The summed E-state index contributed by atoms with van der Waals surface area (Å²) in [6.07, 6.45) is 5.56. The van der Waals surface area contributed by atoms with Gasteiger partial charge in [-0.2, -0.15) is 0 Å². The standard InChI is InChI=1S/C24H31ClN4O2/c1-26-24(30)22-16-29(20-11-14-28(15-12-20)23-4-2-3-13-27-23)21(17-31-22)10-7-18-5-8-19(25)9-6-18/h2-6,8-9,13,20-22H,7,10-12,14-17H2,1H3,(H,26,30)/t21-,22+/m0/s1. The van der Waals surface area contributed by atoms with Crippen LogP contribution in [0.3, 0.4) is 0 Å². The van der Waals surface area contributed by atoms with Crippen LogP contribution in [0, 0.1) is 0 Å². The van der Waals surface area contributed by atoms with Gasteiger partial charge in [-0.3, -0.25) is 9.69 Å². The number of likely N-dealkylation sites (N-methyl/N-ethyl adjacent to an activating group) is 1. The van der Waals surface area contributed by atoms with Crippen molar-refractivity contribution in [2.24, 2.45) is 0 Å². The van der Waals surface area contributed by atoms with Crippen molar-refractivity contribution < 1.29 is 9.53 Å². The Morgan fingerprint density at radius 1 is 1.19 bits per heavy atom. The summed E-state index contributed by atoms with van der Waals surface area (Å²) < 4.78 is 5.97. The van der Waals surface area contributed by atoms with Crippen LogP contribution in [0.5, 0.6) is 0 Å². The van der Waals surface area contributed by atoms with Crippen molar-refractivity contribution in [3.63, 3.8) is 0 Å². The van der Waals surface area contributed by atoms with Crippen molar-refractivity contribution in [2.45, 2.75) is 43.9 Å². The summed E-state index contributed by atoms with van der Waals surface area (Å²) in [5.74, 6) is 1.01. The lowest BCUT2D eigenvalue weighted by atomic mass is 9.96. The van der Waals surface area contributed by atoms with Crippen LogP contribution in [-0.4, -0.2) is 67.3 Å². The van der Waals surface area contributed by atoms with Gasteiger partial charge in [0.15, 0.2) is 0 Å². The third-order valence-electron chi connectivity index (χ3n) is 6.46. The van der Waals surface area contributed by atoms with Crippen molar-refractivity contribution in [1.82, 2.24) is 15.2 Å². The number of amides is 1. The number of aryl methyl sites for hydroxylation is 1. The molecule has 1 amide bonds. The molecule has 2 aliphatic heterocycles. The number of hydrogen-bond donors (Lipinski definition) is 1. The molecule has 0 bridgehead atoms. The van der Waals surface area contributed by atoms with E-state index in [2.05, 4.69) is 38.3 Å². The average Bonchev–Trinajstić information content (AvgIpc) is 2.84. The molecule has 0 saturated carbocycles. The largest absolute Gasteiger partial charge is 0.365 e. The first kappa shape index (κ1) is 22.1. The van der Waals surface area contributed by atoms with Gasteiger partial charge in [-0.15, -0.1) is 0 Å². The number of carbonyl (C=O) groups is 1. The monoisotopic (exact) mass is 442 g/mol. The molecule has 31 heavy (non-hydrogen) atoms. The number of piperidine rings is 1. The fraction of sp³-hybridized carbons (Fsp3) is 0.500. The molecule has 0 unspecified atom stereocenters. The van der Waals surface area contributed by atoms with E-state index >= 15 is 0 Å². The summed E-state index contributed by atoms with van der Waals surface area (Å²) in [7, 11) is 1.67. The second-order valence-corrected chi connectivity index (χ2v) is 8.79. The summed E-state index contributed by atoms with van der Waals surface area (Å²) in [5.41, 5.74) is 1.28. The third-order valence-corrected chi connectivity index (χ3v) is 6.71. The first-order chi connectivity index (χ1) is 15.1. The van der Waals surface area contributed by atoms with Gasteiger partial charge in [-0.25, -0.2) is 4.98 Å². The van der Waals surface area contributed by atoms with Crippen LogP contribution in [0.25, 0.3) is 0 Å². The van der Waals surface area contributed by atoms with Gasteiger partial charge in [0.05, 0.1) is 6.61 Å². The zero-order valence-electron chi connectivity index (χ0n) is 18.0. The number of aromatic nitrogens is 1. The normalized spacial score (nSPS) is 23.0. The molecule has 166 valence electrons. The molecule has 2 aliphatic rings. The van der Waals surface area contributed by atoms with Crippen molar-refractivity contribution >= 4 is 23.3 Å². The van der Waals surface area contributed by atoms with Crippen LogP contribution in [0.2, 0.25) is 5.02 Å². The molecule has 2 atom stereocenters. The molecular weight excluding hydrogens is 412 g/mol. The van der Waals surface area contributed by atoms with Gasteiger partial charge >= 0.3 is 0 Å². The molecule has 2 aromatic rings. The molecule has 4 rings (SSSR count). The molecule has 2 fully saturated rings. The lowest BCUT2D eigenvalue weighted by Gasteiger charge is -2.46. The topological polar surface area (TPSA) is 57.7 Å². The number of ether oxygens (including phenoxy) is 1. The highest BCUT2D eigenvalue weighted by atomic mass is 35.5. The van der Waals surface area contributed by atoms with Crippen LogP contribution < -0.4 is 10.2 Å². The number of nitrogens with one attached hydrogen (secondary N) is 1. The Hall–Kier alpha value is -2.15. The number of rotatable bonds is 6. The Bertz CT molecular complexity index is 840. The summed E-state index contributed by atoms with van der Waals surface area (Å²) in [6.45, 7) is 3.20. The molecule has 0 spiro atoms. The van der Waals surface area contributed by atoms with Gasteiger partial charge in [-0.05, 0) is 55.5 Å². The zero-order valence-corrected chi connectivity index (χ0v) is 18.8. The third kappa shape index (κ3) is 5.56. The predicted octanol–water partition coefficient (Wildman–Crippen LogP) is 3.15. The second kappa shape index (κ2) is 10.4. The van der Waals surface area contributed by atoms with Crippen LogP contribution in [0.1, 0.15) is 24.8 Å². The molecule has 0 radical (unpaired) electrons. The molecule has 0 aliphatic carbocycles. The SMILES string of the molecule is CNC(=O)[C@H]1CN(C2CCN(c3ccccn3)CC2)[C@@H](CCc2ccc(Cl)cc2)CO1. The maximum Gasteiger partial charge on any atom is 0.250 e. The molecule has 2 saturated heterocycles. The summed E-state index contributed by atoms with van der Waals surface area (Å²) in [4.78, 5) is 21.7. The molecule has 1 aromatic carbocycles. The first-order valence-electron chi connectivity index (χ1n) is 11.1. The number of carbonyl (C=O) groups excluding carboxylic acids is 1. The predicted molar refractivity (Wildman–Crippen MR) is 124 cm³/mol. The van der Waals surface area contributed by atoms with Crippen molar-refractivity contribution in [3.8, 4) is 0 Å². The van der Waals surface area contributed by atoms with Crippen LogP contribution in [-0.2, 0) is 16.0 Å². The number of pyridine rings is 1. The minimum Gasteiger partial charge on any atom is -0.365 e. The molecule has 6 nitrogen and oxygen atoms in total. The molecule has 1 aromatic heterocycles. The van der Waals surface area contributed by atoms with E-state index in [-0.39, 0.29) is 5.91 Å². The van der Waals surface area contributed by atoms with E-state index in [1.54, 1.807) is 7.05 Å². The van der Waals surface area contributed by atoms with E-state index in [9.17, 15) is 4.79 Å². The van der Waals surface area contributed by atoms with Gasteiger partial charge in [0.1, 0.15) is 11.9 Å². The lowest BCUT2D eigenvalue weighted by Crippen LogP contribution is -2.59. The first-order valence-corrected chi connectivity index (χ1v) is 11.5. The summed E-state index contributed by atoms with van der Waals surface area (Å²) in [6, 6.07) is 14.9. The fourth-order valence-corrected chi connectivity index (χ4v) is 4.81. The Labute approximate surface area is 189 Å². The van der Waals surface area contributed by atoms with Crippen LogP contribution in [0.4, 0.5) is 5.82 Å². The molecule has 7 heteroatoms. The van der Waals surface area contributed by atoms with Gasteiger partial charge in [0, 0.05) is 50.0 Å². The van der Waals surface area contributed by atoms with Crippen molar-refractivity contribution in [3.05, 3.63) is 59.2 Å². The number of morpholine rings is 1. The molecular formula is C24H31ClN4O2. The van der Waals surface area contributed by atoms with E-state index in [1.807, 2.05) is 30.5 Å². The van der Waals surface area contributed by atoms with Crippen LogP contribution >= 0.6 is 11.6 Å². The van der Waals surface area contributed by atoms with Crippen molar-refractivity contribution in [2.75, 3.05) is 38.2 Å². The zero-order chi connectivity index (χ0) is 21.6. The minimum atomic E-state index is -0.398. The maximum atomic E-state index is 12.3. The van der Waals surface area contributed by atoms with Gasteiger partial charge in [-0.1, -0.05) is 29.8 Å². The number of hydrogen-bond acceptors (Lipinski definition) is 5. The number of anilines is 1. The van der Waals surface area contributed by atoms with E-state index in [0.717, 1.165) is 49.6 Å². The van der Waals surface area contributed by atoms with Crippen molar-refractivity contribution in [1.29, 1.82) is 0 Å². The number of nitrogens with zero attached hydrogens (tertiary/aromatic N) is 3. The highest BCUT2D eigenvalue weighted by Crippen LogP contribution is 2.27. The minimum absolute atomic E-state index is 0.0351. The smallest absolute Gasteiger partial charge is 0.250 e.